The first-order valence-electron chi connectivity index (χ1n) is 14.1. The van der Waals surface area contributed by atoms with E-state index in [-0.39, 0.29) is 77.3 Å². The van der Waals surface area contributed by atoms with Crippen LogP contribution in [0.1, 0.15) is 92.4 Å². The zero-order valence-electron chi connectivity index (χ0n) is 23.1. The van der Waals surface area contributed by atoms with Gasteiger partial charge >= 0.3 is 18.1 Å². The van der Waals surface area contributed by atoms with Gasteiger partial charge in [0.25, 0.3) is 0 Å². The molecule has 38 heavy (non-hydrogen) atoms. The number of carbonyl (C=O) groups is 4. The summed E-state index contributed by atoms with van der Waals surface area (Å²) in [6, 6.07) is 0. The Morgan fingerprint density at radius 1 is 1.00 bits per heavy atom. The van der Waals surface area contributed by atoms with Crippen molar-refractivity contribution in [2.24, 2.45) is 46.3 Å². The van der Waals surface area contributed by atoms with E-state index >= 15 is 0 Å². The number of hydrogen-bond acceptors (Lipinski definition) is 6. The summed E-state index contributed by atoms with van der Waals surface area (Å²) in [6.45, 7) is 8.86. The second-order valence-corrected chi connectivity index (χ2v) is 12.9. The van der Waals surface area contributed by atoms with E-state index in [1.54, 1.807) is 0 Å². The topological polar surface area (TPSA) is 86.7 Å². The first-order chi connectivity index (χ1) is 17.6. The molecule has 214 valence electrons. The van der Waals surface area contributed by atoms with Gasteiger partial charge in [0.1, 0.15) is 18.0 Å². The van der Waals surface area contributed by atoms with E-state index in [1.807, 2.05) is 13.8 Å². The fourth-order valence-electron chi connectivity index (χ4n) is 9.20. The van der Waals surface area contributed by atoms with Gasteiger partial charge in [-0.3, -0.25) is 19.2 Å². The molecule has 0 spiro atoms. The van der Waals surface area contributed by atoms with E-state index in [1.165, 1.54) is 13.8 Å². The monoisotopic (exact) mass is 542 g/mol. The number of esters is 2. The van der Waals surface area contributed by atoms with Crippen molar-refractivity contribution in [3.63, 3.8) is 0 Å². The lowest BCUT2D eigenvalue weighted by molar-refractivity contribution is -0.197. The Morgan fingerprint density at radius 3 is 2.26 bits per heavy atom. The SMILES string of the molecule is CC(=O)O[C@@H]1CC[C@@]2(C)C(C1)C[C@@H](OC(C)=O)C1C2CC(=O)[C@@]2(C)C1CC[C@@H]2[C@H](C)CCC(=O)C(F)(F)F. The molecule has 0 aliphatic heterocycles. The van der Waals surface area contributed by atoms with Crippen LogP contribution in [-0.2, 0) is 28.7 Å². The maximum Gasteiger partial charge on any atom is 0.449 e. The molecule has 4 aliphatic carbocycles. The molecule has 0 bridgehead atoms. The van der Waals surface area contributed by atoms with Crippen molar-refractivity contribution in [3.8, 4) is 0 Å². The second kappa shape index (κ2) is 10.2. The van der Waals surface area contributed by atoms with E-state index in [9.17, 15) is 32.3 Å². The number of ether oxygens (including phenoxy) is 2. The zero-order valence-corrected chi connectivity index (χ0v) is 23.1. The van der Waals surface area contributed by atoms with Gasteiger partial charge in [-0.1, -0.05) is 20.8 Å². The van der Waals surface area contributed by atoms with Crippen LogP contribution in [0.2, 0.25) is 0 Å². The van der Waals surface area contributed by atoms with E-state index in [2.05, 4.69) is 6.92 Å². The molecular formula is C29H41F3O6. The molecule has 4 unspecified atom stereocenters. The molecule has 0 saturated heterocycles. The standard InChI is InChI=1S/C29H41F3O6/c1-15(6-9-24(35)29(30,31)32)20-7-8-21-26-22(14-25(36)28(20,21)5)27(4)11-10-19(37-16(2)33)12-18(27)13-23(26)38-17(3)34/h15,18-23,26H,6-14H2,1-5H3/t15-,18?,19-,20-,21?,22?,23-,26?,27+,28-/m1/s1. The lowest BCUT2D eigenvalue weighted by Gasteiger charge is -2.62. The third-order valence-electron chi connectivity index (χ3n) is 11.0. The molecule has 4 fully saturated rings. The summed E-state index contributed by atoms with van der Waals surface area (Å²) in [5.41, 5.74) is -0.879. The van der Waals surface area contributed by atoms with Gasteiger partial charge in [-0.2, -0.15) is 13.2 Å². The Bertz CT molecular complexity index is 978. The molecule has 0 radical (unpaired) electrons. The van der Waals surface area contributed by atoms with Crippen molar-refractivity contribution >= 4 is 23.5 Å². The minimum Gasteiger partial charge on any atom is -0.463 e. The smallest absolute Gasteiger partial charge is 0.449 e. The molecule has 0 amide bonds. The van der Waals surface area contributed by atoms with Crippen molar-refractivity contribution in [3.05, 3.63) is 0 Å². The van der Waals surface area contributed by atoms with E-state index in [0.29, 0.717) is 25.7 Å². The van der Waals surface area contributed by atoms with Crippen molar-refractivity contribution < 1.29 is 41.8 Å². The summed E-state index contributed by atoms with van der Waals surface area (Å²) in [5.74, 6) is -2.46. The van der Waals surface area contributed by atoms with Crippen molar-refractivity contribution in [2.75, 3.05) is 0 Å². The number of halogens is 3. The quantitative estimate of drug-likeness (QED) is 0.392. The van der Waals surface area contributed by atoms with Gasteiger partial charge in [0.2, 0.25) is 5.78 Å². The molecule has 0 aromatic rings. The molecule has 0 aromatic heterocycles. The predicted octanol–water partition coefficient (Wildman–Crippen LogP) is 5.85. The van der Waals surface area contributed by atoms with Crippen LogP contribution in [0.5, 0.6) is 0 Å². The molecule has 4 aliphatic rings. The molecule has 0 aromatic carbocycles. The Morgan fingerprint density at radius 2 is 1.66 bits per heavy atom. The van der Waals surface area contributed by atoms with Gasteiger partial charge < -0.3 is 9.47 Å². The van der Waals surface area contributed by atoms with Crippen LogP contribution < -0.4 is 0 Å². The Kier molecular flexibility index (Phi) is 7.83. The molecular weight excluding hydrogens is 501 g/mol. The number of fused-ring (bicyclic) bond motifs is 5. The highest BCUT2D eigenvalue weighted by Gasteiger charge is 2.66. The summed E-state index contributed by atoms with van der Waals surface area (Å²) in [5, 5.41) is 0. The minimum absolute atomic E-state index is 0.0119. The van der Waals surface area contributed by atoms with Crippen LogP contribution in [0.15, 0.2) is 0 Å². The second-order valence-electron chi connectivity index (χ2n) is 12.9. The fourth-order valence-corrected chi connectivity index (χ4v) is 9.20. The van der Waals surface area contributed by atoms with Crippen molar-refractivity contribution in [1.29, 1.82) is 0 Å². The van der Waals surface area contributed by atoms with E-state index in [4.69, 9.17) is 9.47 Å². The van der Waals surface area contributed by atoms with Gasteiger partial charge in [-0.25, -0.2) is 0 Å². The Labute approximate surface area is 222 Å². The van der Waals surface area contributed by atoms with Gasteiger partial charge in [0.15, 0.2) is 0 Å². The number of ketones is 2. The van der Waals surface area contributed by atoms with Crippen LogP contribution in [0.3, 0.4) is 0 Å². The van der Waals surface area contributed by atoms with Crippen molar-refractivity contribution in [1.82, 2.24) is 0 Å². The fraction of sp³-hybridized carbons (Fsp3) is 0.862. The highest BCUT2D eigenvalue weighted by Crippen LogP contribution is 2.67. The van der Waals surface area contributed by atoms with Gasteiger partial charge in [-0.15, -0.1) is 0 Å². The first-order valence-corrected chi connectivity index (χ1v) is 14.1. The minimum atomic E-state index is -4.84. The molecule has 6 nitrogen and oxygen atoms in total. The maximum atomic E-state index is 14.0. The summed E-state index contributed by atoms with van der Waals surface area (Å²) >= 11 is 0. The number of carbonyl (C=O) groups excluding carboxylic acids is 4. The van der Waals surface area contributed by atoms with Crippen LogP contribution >= 0.6 is 0 Å². The molecule has 0 N–H and O–H groups in total. The Hall–Kier alpha value is -1.93. The van der Waals surface area contributed by atoms with Crippen molar-refractivity contribution in [2.45, 2.75) is 111 Å². The first kappa shape index (κ1) is 29.1. The molecule has 4 saturated carbocycles. The third-order valence-corrected chi connectivity index (χ3v) is 11.0. The lowest BCUT2D eigenvalue weighted by atomic mass is 9.43. The summed E-state index contributed by atoms with van der Waals surface area (Å²) in [4.78, 5) is 49.3. The molecule has 0 heterocycles. The summed E-state index contributed by atoms with van der Waals surface area (Å²) < 4.78 is 49.9. The lowest BCUT2D eigenvalue weighted by Crippen LogP contribution is -2.62. The number of hydrogen-bond donors (Lipinski definition) is 0. The summed E-state index contributed by atoms with van der Waals surface area (Å²) in [6.07, 6.45) is -1.16. The highest BCUT2D eigenvalue weighted by molar-refractivity contribution is 5.87. The molecule has 4 rings (SSSR count). The van der Waals surface area contributed by atoms with E-state index < -0.39 is 23.8 Å². The van der Waals surface area contributed by atoms with Gasteiger partial charge in [0, 0.05) is 38.0 Å². The Balaban J connectivity index is 1.60. The predicted molar refractivity (Wildman–Crippen MR) is 132 cm³/mol. The number of Topliss-reactive ketones (excluding diaryl/α,β-unsaturated/α-hetero) is 2. The van der Waals surface area contributed by atoms with Gasteiger partial charge in [-0.05, 0) is 80.0 Å². The van der Waals surface area contributed by atoms with E-state index in [0.717, 1.165) is 19.3 Å². The maximum absolute atomic E-state index is 14.0. The third kappa shape index (κ3) is 5.03. The normalized spacial score (nSPS) is 41.4. The van der Waals surface area contributed by atoms with Gasteiger partial charge in [0.05, 0.1) is 0 Å². The van der Waals surface area contributed by atoms with Crippen LogP contribution in [0.4, 0.5) is 13.2 Å². The number of rotatable bonds is 6. The largest absolute Gasteiger partial charge is 0.463 e. The van der Waals surface area contributed by atoms with Crippen LogP contribution in [0, 0.1) is 46.3 Å². The average molecular weight is 543 g/mol. The molecule has 9 heteroatoms. The number of alkyl halides is 3. The van der Waals surface area contributed by atoms with Crippen LogP contribution in [0.25, 0.3) is 0 Å². The average Bonchev–Trinajstić information content (AvgIpc) is 3.16. The van der Waals surface area contributed by atoms with Crippen LogP contribution in [-0.4, -0.2) is 41.9 Å². The highest BCUT2D eigenvalue weighted by atomic mass is 19.4. The summed E-state index contributed by atoms with van der Waals surface area (Å²) in [7, 11) is 0. The molecule has 10 atom stereocenters. The zero-order chi connectivity index (χ0) is 28.2.